The molecule has 3 aromatic carbocycles. The number of hydrogen-bond donors (Lipinski definition) is 0. The third kappa shape index (κ3) is 5.89. The Balaban J connectivity index is 1.46. The highest BCUT2D eigenvalue weighted by atomic mass is 32.2. The van der Waals surface area contributed by atoms with E-state index in [1.165, 1.54) is 5.56 Å². The molecule has 0 heterocycles. The van der Waals surface area contributed by atoms with Gasteiger partial charge in [0, 0.05) is 11.5 Å². The summed E-state index contributed by atoms with van der Waals surface area (Å²) in [5, 5.41) is 0. The van der Waals surface area contributed by atoms with Crippen LogP contribution in [0.2, 0.25) is 0 Å². The molecule has 0 N–H and O–H groups in total. The normalized spacial score (nSPS) is 10.5. The molecule has 0 radical (unpaired) electrons. The fraction of sp³-hybridized carbons (Fsp3) is 0.208. The second-order valence-electron chi connectivity index (χ2n) is 6.21. The first kappa shape index (κ1) is 20.0. The van der Waals surface area contributed by atoms with Crippen LogP contribution < -0.4 is 4.74 Å². The van der Waals surface area contributed by atoms with E-state index in [0.717, 1.165) is 28.4 Å². The highest BCUT2D eigenvalue weighted by molar-refractivity contribution is 7.98. The molecule has 0 saturated heterocycles. The number of para-hydroxylation sites is 1. The van der Waals surface area contributed by atoms with Crippen molar-refractivity contribution in [2.24, 2.45) is 0 Å². The second kappa shape index (κ2) is 10.6. The van der Waals surface area contributed by atoms with E-state index >= 15 is 0 Å². The smallest absolute Gasteiger partial charge is 0.338 e. The molecule has 0 aliphatic heterocycles. The fourth-order valence-electron chi connectivity index (χ4n) is 2.73. The van der Waals surface area contributed by atoms with Crippen LogP contribution in [0.1, 0.15) is 22.8 Å². The highest BCUT2D eigenvalue weighted by Crippen LogP contribution is 2.22. The lowest BCUT2D eigenvalue weighted by Gasteiger charge is -2.07. The van der Waals surface area contributed by atoms with Crippen molar-refractivity contribution in [1.82, 2.24) is 0 Å². The summed E-state index contributed by atoms with van der Waals surface area (Å²) in [4.78, 5) is 11.7. The second-order valence-corrected chi connectivity index (χ2v) is 7.31. The van der Waals surface area contributed by atoms with Gasteiger partial charge in [-0.3, -0.25) is 0 Å². The Morgan fingerprint density at radius 2 is 1.50 bits per heavy atom. The summed E-state index contributed by atoms with van der Waals surface area (Å²) < 4.78 is 10.7. The topological polar surface area (TPSA) is 35.5 Å². The quantitative estimate of drug-likeness (QED) is 0.338. The number of thioether (sulfide) groups is 1. The molecule has 3 aromatic rings. The van der Waals surface area contributed by atoms with Crippen LogP contribution in [0.15, 0.2) is 78.9 Å². The molecule has 28 heavy (non-hydrogen) atoms. The van der Waals surface area contributed by atoms with Gasteiger partial charge in [0.15, 0.2) is 0 Å². The maximum absolute atomic E-state index is 11.7. The predicted molar refractivity (Wildman–Crippen MR) is 116 cm³/mol. The molecule has 3 nitrogen and oxygen atoms in total. The number of carbonyl (C=O) groups excluding carboxylic acids is 1. The van der Waals surface area contributed by atoms with Crippen LogP contribution in [0.3, 0.4) is 0 Å². The lowest BCUT2D eigenvalue weighted by molar-refractivity contribution is 0.0526. The van der Waals surface area contributed by atoms with Gasteiger partial charge in [-0.15, -0.1) is 0 Å². The summed E-state index contributed by atoms with van der Waals surface area (Å²) in [6.07, 6.45) is 0. The van der Waals surface area contributed by atoms with Crippen LogP contribution in [-0.4, -0.2) is 24.9 Å². The van der Waals surface area contributed by atoms with E-state index in [9.17, 15) is 4.79 Å². The minimum Gasteiger partial charge on any atom is -0.493 e. The molecule has 4 heteroatoms. The molecule has 0 aromatic heterocycles. The molecule has 0 spiro atoms. The van der Waals surface area contributed by atoms with Crippen molar-refractivity contribution >= 4 is 17.7 Å². The van der Waals surface area contributed by atoms with Crippen molar-refractivity contribution in [1.29, 1.82) is 0 Å². The monoisotopic (exact) mass is 392 g/mol. The van der Waals surface area contributed by atoms with Crippen LogP contribution in [0.4, 0.5) is 0 Å². The van der Waals surface area contributed by atoms with Gasteiger partial charge < -0.3 is 9.47 Å². The molecule has 3 rings (SSSR count). The maximum Gasteiger partial charge on any atom is 0.338 e. The van der Waals surface area contributed by atoms with Crippen molar-refractivity contribution < 1.29 is 14.3 Å². The number of carbonyl (C=O) groups is 1. The molecular formula is C24H24O3S. The molecule has 144 valence electrons. The predicted octanol–water partition coefficient (Wildman–Crippen LogP) is 5.84. The SMILES string of the molecule is CCOC(=O)c1ccc(-c2ccc(CSCCOc3ccccc3)cc2)cc1. The largest absolute Gasteiger partial charge is 0.493 e. The lowest BCUT2D eigenvalue weighted by atomic mass is 10.0. The molecule has 0 amide bonds. The van der Waals surface area contributed by atoms with Gasteiger partial charge in [-0.05, 0) is 47.9 Å². The van der Waals surface area contributed by atoms with Crippen LogP contribution >= 0.6 is 11.8 Å². The van der Waals surface area contributed by atoms with Gasteiger partial charge in [-0.2, -0.15) is 11.8 Å². The minimum absolute atomic E-state index is 0.280. The van der Waals surface area contributed by atoms with Crippen molar-refractivity contribution in [2.75, 3.05) is 19.0 Å². The van der Waals surface area contributed by atoms with E-state index in [0.29, 0.717) is 18.8 Å². The molecule has 0 aliphatic carbocycles. The lowest BCUT2D eigenvalue weighted by Crippen LogP contribution is -2.03. The fourth-order valence-corrected chi connectivity index (χ4v) is 3.51. The molecule has 0 fully saturated rings. The van der Waals surface area contributed by atoms with E-state index < -0.39 is 0 Å². The van der Waals surface area contributed by atoms with E-state index in [-0.39, 0.29) is 5.97 Å². The summed E-state index contributed by atoms with van der Waals surface area (Å²) in [5.41, 5.74) is 4.09. The highest BCUT2D eigenvalue weighted by Gasteiger charge is 2.06. The van der Waals surface area contributed by atoms with Gasteiger partial charge in [0.25, 0.3) is 0 Å². The Morgan fingerprint density at radius 1 is 0.857 bits per heavy atom. The summed E-state index contributed by atoms with van der Waals surface area (Å²) >= 11 is 1.86. The van der Waals surface area contributed by atoms with Crippen LogP contribution in [0.5, 0.6) is 5.75 Å². The average Bonchev–Trinajstić information content (AvgIpc) is 2.75. The van der Waals surface area contributed by atoms with Crippen LogP contribution in [0, 0.1) is 0 Å². The first-order valence-corrected chi connectivity index (χ1v) is 10.5. The van der Waals surface area contributed by atoms with Crippen LogP contribution in [0.25, 0.3) is 11.1 Å². The molecular weight excluding hydrogens is 368 g/mol. The van der Waals surface area contributed by atoms with E-state index in [1.807, 2.05) is 73.3 Å². The average molecular weight is 393 g/mol. The summed E-state index contributed by atoms with van der Waals surface area (Å²) in [7, 11) is 0. The van der Waals surface area contributed by atoms with Crippen molar-refractivity contribution in [3.05, 3.63) is 90.0 Å². The van der Waals surface area contributed by atoms with Crippen molar-refractivity contribution in [3.63, 3.8) is 0 Å². The zero-order valence-electron chi connectivity index (χ0n) is 16.0. The Hall–Kier alpha value is -2.72. The molecule has 0 bridgehead atoms. The number of rotatable bonds is 9. The van der Waals surface area contributed by atoms with Crippen molar-refractivity contribution in [2.45, 2.75) is 12.7 Å². The Kier molecular flexibility index (Phi) is 7.56. The molecule has 0 unspecified atom stereocenters. The summed E-state index contributed by atoms with van der Waals surface area (Å²) in [5.74, 6) is 2.55. The number of ether oxygens (including phenoxy) is 2. The van der Waals surface area contributed by atoms with Gasteiger partial charge >= 0.3 is 5.97 Å². The molecule has 0 aliphatic rings. The van der Waals surface area contributed by atoms with Gasteiger partial charge in [-0.1, -0.05) is 54.6 Å². The van der Waals surface area contributed by atoms with Gasteiger partial charge in [0.2, 0.25) is 0 Å². The third-order valence-corrected chi connectivity index (χ3v) is 5.18. The first-order chi connectivity index (χ1) is 13.8. The van der Waals surface area contributed by atoms with Gasteiger partial charge in [-0.25, -0.2) is 4.79 Å². The zero-order chi connectivity index (χ0) is 19.6. The summed E-state index contributed by atoms with van der Waals surface area (Å²) in [6, 6.07) is 26.0. The van der Waals surface area contributed by atoms with Crippen molar-refractivity contribution in [3.8, 4) is 16.9 Å². The van der Waals surface area contributed by atoms with Crippen LogP contribution in [-0.2, 0) is 10.5 Å². The first-order valence-electron chi connectivity index (χ1n) is 9.38. The van der Waals surface area contributed by atoms with E-state index in [1.54, 1.807) is 0 Å². The Labute approximate surface area is 170 Å². The summed E-state index contributed by atoms with van der Waals surface area (Å²) in [6.45, 7) is 2.90. The number of hydrogen-bond acceptors (Lipinski definition) is 4. The maximum atomic E-state index is 11.7. The molecule has 0 atom stereocenters. The molecule has 0 saturated carbocycles. The van der Waals surface area contributed by atoms with Gasteiger partial charge in [0.05, 0.1) is 18.8 Å². The van der Waals surface area contributed by atoms with E-state index in [2.05, 4.69) is 24.3 Å². The third-order valence-electron chi connectivity index (χ3n) is 4.19. The van der Waals surface area contributed by atoms with Gasteiger partial charge in [0.1, 0.15) is 5.75 Å². The zero-order valence-corrected chi connectivity index (χ0v) is 16.8. The van der Waals surface area contributed by atoms with E-state index in [4.69, 9.17) is 9.47 Å². The number of benzene rings is 3. The standard InChI is InChI=1S/C24H24O3S/c1-2-26-24(25)22-14-12-21(13-15-22)20-10-8-19(9-11-20)18-28-17-16-27-23-6-4-3-5-7-23/h3-15H,2,16-18H2,1H3. The Morgan fingerprint density at radius 3 is 2.14 bits per heavy atom. The number of esters is 1. The minimum atomic E-state index is -0.280. The Bertz CT molecular complexity index is 859.